The number of halogens is 2. The van der Waals surface area contributed by atoms with Crippen LogP contribution in [0, 0.1) is 20.8 Å². The van der Waals surface area contributed by atoms with Gasteiger partial charge in [0.25, 0.3) is 0 Å². The van der Waals surface area contributed by atoms with Gasteiger partial charge in [0.15, 0.2) is 0 Å². The highest BCUT2D eigenvalue weighted by Gasteiger charge is 2.22. The smallest absolute Gasteiger partial charge is 0.229 e. The van der Waals surface area contributed by atoms with E-state index in [0.29, 0.717) is 22.0 Å². The van der Waals surface area contributed by atoms with Gasteiger partial charge in [-0.05, 0) is 75.0 Å². The van der Waals surface area contributed by atoms with Gasteiger partial charge in [0.2, 0.25) is 17.0 Å². The predicted octanol–water partition coefficient (Wildman–Crippen LogP) is 5.70. The topological polar surface area (TPSA) is 68.7 Å². The first-order valence-electron chi connectivity index (χ1n) is 11.3. The number of thiocarbonyl (C=S) groups is 1. The van der Waals surface area contributed by atoms with Crippen LogP contribution in [0.1, 0.15) is 17.0 Å². The fraction of sp³-hybridized carbons (Fsp3) is 0.280. The molecule has 2 heterocycles. The molecule has 10 heteroatoms. The van der Waals surface area contributed by atoms with Crippen molar-refractivity contribution < 1.29 is 0 Å². The Balaban J connectivity index is 1.54. The lowest BCUT2D eigenvalue weighted by atomic mass is 10.2. The van der Waals surface area contributed by atoms with Gasteiger partial charge in [-0.25, -0.2) is 9.97 Å². The highest BCUT2D eigenvalue weighted by Crippen LogP contribution is 2.25. The largest absolute Gasteiger partial charge is 0.368 e. The summed E-state index contributed by atoms with van der Waals surface area (Å²) in [6, 6.07) is 15.6. The third-order valence-electron chi connectivity index (χ3n) is 5.62. The molecule has 0 aliphatic carbocycles. The molecule has 1 aliphatic heterocycles. The van der Waals surface area contributed by atoms with Crippen molar-refractivity contribution in [3.05, 3.63) is 75.5 Å². The van der Waals surface area contributed by atoms with E-state index in [1.54, 1.807) is 0 Å². The average Bonchev–Trinajstić information content (AvgIpc) is 2.82. The molecule has 0 atom stereocenters. The minimum absolute atomic E-state index is 0.296. The molecule has 7 nitrogen and oxygen atoms in total. The van der Waals surface area contributed by atoms with Gasteiger partial charge in [-0.15, -0.1) is 0 Å². The Hall–Kier alpha value is -2.94. The first kappa shape index (κ1) is 25.2. The van der Waals surface area contributed by atoms with Crippen molar-refractivity contribution in [1.82, 2.24) is 14.9 Å². The second-order valence-corrected chi connectivity index (χ2v) is 9.55. The zero-order valence-corrected chi connectivity index (χ0v) is 22.2. The molecule has 3 aromatic rings. The van der Waals surface area contributed by atoms with Crippen molar-refractivity contribution >= 4 is 63.8 Å². The molecule has 1 fully saturated rings. The van der Waals surface area contributed by atoms with Gasteiger partial charge in [-0.2, -0.15) is 4.99 Å². The number of benzene rings is 2. The van der Waals surface area contributed by atoms with Gasteiger partial charge in [-0.1, -0.05) is 35.3 Å². The van der Waals surface area contributed by atoms with E-state index in [1.165, 1.54) is 0 Å². The van der Waals surface area contributed by atoms with Crippen molar-refractivity contribution in [1.29, 1.82) is 0 Å². The van der Waals surface area contributed by atoms with Gasteiger partial charge in [-0.3, -0.25) is 5.32 Å². The number of rotatable bonds is 3. The molecule has 4 rings (SSSR count). The summed E-state index contributed by atoms with van der Waals surface area (Å²) >= 11 is 18.1. The summed E-state index contributed by atoms with van der Waals surface area (Å²) < 4.78 is 0. The Labute approximate surface area is 221 Å². The highest BCUT2D eigenvalue weighted by molar-refractivity contribution is 7.80. The quantitative estimate of drug-likeness (QED) is 0.257. The van der Waals surface area contributed by atoms with Crippen molar-refractivity contribution in [2.45, 2.75) is 20.8 Å². The van der Waals surface area contributed by atoms with E-state index in [-0.39, 0.29) is 0 Å². The SMILES string of the molecule is Cc1cc(C)nc(N/C(=N/C(=S)Nc2cccc(C)c2Cl)N2CCN(c3ccc(Cl)cc3)CC2)n1. The molecule has 0 spiro atoms. The van der Waals surface area contributed by atoms with Gasteiger partial charge in [0, 0.05) is 48.3 Å². The van der Waals surface area contributed by atoms with E-state index in [4.69, 9.17) is 40.4 Å². The Morgan fingerprint density at radius 2 is 1.57 bits per heavy atom. The number of anilines is 3. The lowest BCUT2D eigenvalue weighted by Gasteiger charge is -2.37. The minimum atomic E-state index is 0.296. The number of aromatic nitrogens is 2. The maximum absolute atomic E-state index is 6.44. The third-order valence-corrected chi connectivity index (χ3v) is 6.56. The Kier molecular flexibility index (Phi) is 8.05. The second kappa shape index (κ2) is 11.2. The van der Waals surface area contributed by atoms with Crippen molar-refractivity contribution in [3.63, 3.8) is 0 Å². The summed E-state index contributed by atoms with van der Waals surface area (Å²) in [5.41, 5.74) is 4.57. The van der Waals surface area contributed by atoms with E-state index < -0.39 is 0 Å². The van der Waals surface area contributed by atoms with Crippen LogP contribution in [0.5, 0.6) is 0 Å². The van der Waals surface area contributed by atoms with Gasteiger partial charge in [0.1, 0.15) is 0 Å². The molecule has 35 heavy (non-hydrogen) atoms. The Morgan fingerprint density at radius 1 is 0.914 bits per heavy atom. The number of aliphatic imine (C=N–C) groups is 1. The van der Waals surface area contributed by atoms with Gasteiger partial charge < -0.3 is 15.1 Å². The number of hydrogen-bond acceptors (Lipinski definition) is 4. The second-order valence-electron chi connectivity index (χ2n) is 8.35. The lowest BCUT2D eigenvalue weighted by molar-refractivity contribution is 0.385. The molecule has 0 radical (unpaired) electrons. The maximum atomic E-state index is 6.44. The average molecular weight is 529 g/mol. The van der Waals surface area contributed by atoms with Crippen molar-refractivity contribution in [2.24, 2.45) is 4.99 Å². The van der Waals surface area contributed by atoms with Crippen LogP contribution < -0.4 is 15.5 Å². The molecule has 0 amide bonds. The molecule has 2 aromatic carbocycles. The number of guanidine groups is 1. The molecule has 182 valence electrons. The number of aryl methyl sites for hydroxylation is 3. The summed E-state index contributed by atoms with van der Waals surface area (Å²) in [7, 11) is 0. The normalized spacial score (nSPS) is 14.1. The number of nitrogens with zero attached hydrogens (tertiary/aromatic N) is 5. The first-order chi connectivity index (χ1) is 16.8. The summed E-state index contributed by atoms with van der Waals surface area (Å²) in [6.07, 6.45) is 0. The van der Waals surface area contributed by atoms with Crippen LogP contribution >= 0.6 is 35.4 Å². The van der Waals surface area contributed by atoms with E-state index >= 15 is 0 Å². The molecule has 1 saturated heterocycles. The minimum Gasteiger partial charge on any atom is -0.368 e. The molecule has 1 aromatic heterocycles. The fourth-order valence-corrected chi connectivity index (χ4v) is 4.37. The molecule has 1 aliphatic rings. The van der Waals surface area contributed by atoms with E-state index in [9.17, 15) is 0 Å². The molecular weight excluding hydrogens is 501 g/mol. The summed E-state index contributed by atoms with van der Waals surface area (Å²) in [4.78, 5) is 18.2. The summed E-state index contributed by atoms with van der Waals surface area (Å²) in [5.74, 6) is 1.07. The van der Waals surface area contributed by atoms with Crippen molar-refractivity contribution in [3.8, 4) is 0 Å². The standard InChI is InChI=1S/C25H27Cl2N7S/c1-16-5-4-6-21(22(16)27)30-25(35)32-24(31-23-28-17(2)15-18(3)29-23)34-13-11-33(12-14-34)20-9-7-19(26)8-10-20/h4-10,15H,11-14H2,1-3H3,(H2,28,29,30,31,32,35). The van der Waals surface area contributed by atoms with Crippen LogP contribution in [0.4, 0.5) is 17.3 Å². The zero-order valence-electron chi connectivity index (χ0n) is 19.8. The van der Waals surface area contributed by atoms with Crippen LogP contribution in [0.15, 0.2) is 53.5 Å². The monoisotopic (exact) mass is 527 g/mol. The molecule has 0 saturated carbocycles. The maximum Gasteiger partial charge on any atom is 0.229 e. The summed E-state index contributed by atoms with van der Waals surface area (Å²) in [5, 5.41) is 8.09. The number of nitrogens with one attached hydrogen (secondary N) is 2. The predicted molar refractivity (Wildman–Crippen MR) is 150 cm³/mol. The van der Waals surface area contributed by atoms with Crippen LogP contribution in [0.2, 0.25) is 10.0 Å². The zero-order chi connectivity index (χ0) is 24.9. The van der Waals surface area contributed by atoms with Crippen molar-refractivity contribution in [2.75, 3.05) is 41.7 Å². The first-order valence-corrected chi connectivity index (χ1v) is 12.4. The van der Waals surface area contributed by atoms with Crippen LogP contribution in [-0.2, 0) is 0 Å². The highest BCUT2D eigenvalue weighted by atomic mass is 35.5. The third kappa shape index (κ3) is 6.60. The summed E-state index contributed by atoms with van der Waals surface area (Å²) in [6.45, 7) is 8.95. The number of hydrogen-bond donors (Lipinski definition) is 2. The van der Waals surface area contributed by atoms with Crippen LogP contribution in [0.25, 0.3) is 0 Å². The van der Waals surface area contributed by atoms with Gasteiger partial charge in [0.05, 0.1) is 10.7 Å². The fourth-order valence-electron chi connectivity index (χ4n) is 3.87. The molecular formula is C25H27Cl2N7S. The van der Waals surface area contributed by atoms with Crippen LogP contribution in [0.3, 0.4) is 0 Å². The molecule has 0 unspecified atom stereocenters. The Bertz CT molecular complexity index is 1220. The van der Waals surface area contributed by atoms with E-state index in [0.717, 1.165) is 59.5 Å². The molecule has 0 bridgehead atoms. The van der Waals surface area contributed by atoms with Gasteiger partial charge >= 0.3 is 0 Å². The Morgan fingerprint density at radius 3 is 2.23 bits per heavy atom. The number of piperazine rings is 1. The van der Waals surface area contributed by atoms with E-state index in [2.05, 4.69) is 30.4 Å². The molecule has 2 N–H and O–H groups in total. The van der Waals surface area contributed by atoms with Crippen LogP contribution in [-0.4, -0.2) is 52.1 Å². The lowest BCUT2D eigenvalue weighted by Crippen LogP contribution is -2.51. The van der Waals surface area contributed by atoms with E-state index in [1.807, 2.05) is 69.3 Å².